The molecule has 0 radical (unpaired) electrons. The van der Waals surface area contributed by atoms with Gasteiger partial charge < -0.3 is 10.2 Å². The molecule has 3 nitrogen and oxygen atoms in total. The Morgan fingerprint density at radius 1 is 1.29 bits per heavy atom. The Morgan fingerprint density at radius 2 is 1.93 bits per heavy atom. The number of Topliss-reactive ketones (excluding diaryl/α,β-unsaturated/α-hetero) is 1. The number of ketones is 1. The quantitative estimate of drug-likeness (QED) is 0.606. The van der Waals surface area contributed by atoms with Crippen LogP contribution in [0.15, 0.2) is 11.1 Å². The molecule has 0 fully saturated rings. The summed E-state index contributed by atoms with van der Waals surface area (Å²) in [6.45, 7) is 1.54. The van der Waals surface area contributed by atoms with Crippen molar-refractivity contribution in [1.82, 2.24) is 0 Å². The Hall–Kier alpha value is -0.670. The van der Waals surface area contributed by atoms with Gasteiger partial charge in [0.2, 0.25) is 0 Å². The van der Waals surface area contributed by atoms with Crippen LogP contribution in [0.3, 0.4) is 0 Å². The standard InChI is InChI=1S/C11H16O3/c1-11(14)8-6-4-2-3-5-7(8)9(12)10(11)13/h10,13-14H,2-6H2,1H3. The lowest BCUT2D eigenvalue weighted by molar-refractivity contribution is -0.130. The van der Waals surface area contributed by atoms with Gasteiger partial charge in [-0.2, -0.15) is 0 Å². The average molecular weight is 196 g/mol. The average Bonchev–Trinajstić information content (AvgIpc) is 2.41. The molecule has 2 rings (SSSR count). The van der Waals surface area contributed by atoms with E-state index in [9.17, 15) is 15.0 Å². The van der Waals surface area contributed by atoms with Crippen molar-refractivity contribution in [3.05, 3.63) is 11.1 Å². The van der Waals surface area contributed by atoms with Gasteiger partial charge in [-0.3, -0.25) is 4.79 Å². The van der Waals surface area contributed by atoms with Gasteiger partial charge in [0.1, 0.15) is 11.7 Å². The van der Waals surface area contributed by atoms with Crippen molar-refractivity contribution in [2.45, 2.75) is 50.7 Å². The van der Waals surface area contributed by atoms with Crippen molar-refractivity contribution in [2.75, 3.05) is 0 Å². The minimum absolute atomic E-state index is 0.257. The van der Waals surface area contributed by atoms with Crippen LogP contribution in [0.1, 0.15) is 39.0 Å². The van der Waals surface area contributed by atoms with E-state index in [2.05, 4.69) is 0 Å². The Labute approximate surface area is 83.4 Å². The molecule has 0 amide bonds. The second-order valence-corrected chi connectivity index (χ2v) is 4.43. The molecule has 2 N–H and O–H groups in total. The van der Waals surface area contributed by atoms with Crippen molar-refractivity contribution in [1.29, 1.82) is 0 Å². The monoisotopic (exact) mass is 196 g/mol. The van der Waals surface area contributed by atoms with Crippen LogP contribution in [0.2, 0.25) is 0 Å². The lowest BCUT2D eigenvalue weighted by Crippen LogP contribution is -2.40. The molecule has 0 bridgehead atoms. The van der Waals surface area contributed by atoms with E-state index in [0.717, 1.165) is 37.7 Å². The van der Waals surface area contributed by atoms with Gasteiger partial charge in [0.15, 0.2) is 5.78 Å². The Kier molecular flexibility index (Phi) is 2.24. The molecule has 0 saturated heterocycles. The van der Waals surface area contributed by atoms with Crippen molar-refractivity contribution in [2.24, 2.45) is 0 Å². The summed E-state index contributed by atoms with van der Waals surface area (Å²) in [7, 11) is 0. The fourth-order valence-electron chi connectivity index (χ4n) is 2.50. The van der Waals surface area contributed by atoms with Crippen LogP contribution in [0.4, 0.5) is 0 Å². The SMILES string of the molecule is CC1(O)C2=C(CCCCC2)C(=O)C1O. The predicted octanol–water partition coefficient (Wildman–Crippen LogP) is 0.942. The van der Waals surface area contributed by atoms with E-state index in [4.69, 9.17) is 0 Å². The van der Waals surface area contributed by atoms with Gasteiger partial charge in [-0.05, 0) is 38.2 Å². The molecule has 3 heteroatoms. The van der Waals surface area contributed by atoms with Gasteiger partial charge in [0.05, 0.1) is 0 Å². The number of rotatable bonds is 0. The summed E-state index contributed by atoms with van der Waals surface area (Å²) in [5.41, 5.74) is 0.170. The molecule has 14 heavy (non-hydrogen) atoms. The molecule has 2 aliphatic rings. The van der Waals surface area contributed by atoms with E-state index in [1.54, 1.807) is 6.92 Å². The van der Waals surface area contributed by atoms with Crippen LogP contribution >= 0.6 is 0 Å². The second-order valence-electron chi connectivity index (χ2n) is 4.43. The van der Waals surface area contributed by atoms with Crippen molar-refractivity contribution >= 4 is 5.78 Å². The first-order valence-corrected chi connectivity index (χ1v) is 5.22. The first kappa shape index (κ1) is 9.87. The highest BCUT2D eigenvalue weighted by Gasteiger charge is 2.48. The lowest BCUT2D eigenvalue weighted by Gasteiger charge is -2.24. The third-order valence-electron chi connectivity index (χ3n) is 3.41. The molecule has 0 aromatic rings. The molecule has 0 heterocycles. The van der Waals surface area contributed by atoms with Gasteiger partial charge in [0.25, 0.3) is 0 Å². The Bertz CT molecular complexity index is 302. The van der Waals surface area contributed by atoms with Crippen molar-refractivity contribution in [3.8, 4) is 0 Å². The largest absolute Gasteiger partial charge is 0.383 e. The molecular formula is C11H16O3. The highest BCUT2D eigenvalue weighted by Crippen LogP contribution is 2.40. The number of carbonyl (C=O) groups excluding carboxylic acids is 1. The molecule has 2 aliphatic carbocycles. The Morgan fingerprint density at radius 3 is 2.64 bits per heavy atom. The first-order chi connectivity index (χ1) is 6.55. The van der Waals surface area contributed by atoms with Gasteiger partial charge in [-0.15, -0.1) is 0 Å². The molecule has 0 spiro atoms. The minimum atomic E-state index is -1.31. The third kappa shape index (κ3) is 1.23. The van der Waals surface area contributed by atoms with Gasteiger partial charge in [-0.1, -0.05) is 6.42 Å². The number of hydrogen-bond donors (Lipinski definition) is 2. The summed E-state index contributed by atoms with van der Waals surface area (Å²) < 4.78 is 0. The topological polar surface area (TPSA) is 57.5 Å². The van der Waals surface area contributed by atoms with E-state index in [0.29, 0.717) is 5.57 Å². The summed E-state index contributed by atoms with van der Waals surface area (Å²) in [6.07, 6.45) is 3.35. The zero-order valence-electron chi connectivity index (χ0n) is 8.42. The molecular weight excluding hydrogens is 180 g/mol. The van der Waals surface area contributed by atoms with Crippen LogP contribution in [0.5, 0.6) is 0 Å². The number of aliphatic hydroxyl groups excluding tert-OH is 1. The maximum absolute atomic E-state index is 11.6. The number of carbonyl (C=O) groups is 1. The van der Waals surface area contributed by atoms with Gasteiger partial charge in [-0.25, -0.2) is 0 Å². The molecule has 2 unspecified atom stereocenters. The van der Waals surface area contributed by atoms with E-state index in [1.807, 2.05) is 0 Å². The lowest BCUT2D eigenvalue weighted by atomic mass is 9.92. The minimum Gasteiger partial charge on any atom is -0.383 e. The Balaban J connectivity index is 2.41. The van der Waals surface area contributed by atoms with Crippen LogP contribution in [-0.2, 0) is 4.79 Å². The summed E-state index contributed by atoms with van der Waals surface area (Å²) in [5.74, 6) is -0.257. The normalized spacial score (nSPS) is 38.5. The van der Waals surface area contributed by atoms with E-state index < -0.39 is 11.7 Å². The van der Waals surface area contributed by atoms with E-state index >= 15 is 0 Å². The van der Waals surface area contributed by atoms with Crippen LogP contribution < -0.4 is 0 Å². The highest BCUT2D eigenvalue weighted by molar-refractivity contribution is 6.04. The molecule has 78 valence electrons. The van der Waals surface area contributed by atoms with Crippen molar-refractivity contribution in [3.63, 3.8) is 0 Å². The third-order valence-corrected chi connectivity index (χ3v) is 3.41. The van der Waals surface area contributed by atoms with E-state index in [1.165, 1.54) is 0 Å². The molecule has 2 atom stereocenters. The molecule has 0 aromatic heterocycles. The van der Waals surface area contributed by atoms with Crippen molar-refractivity contribution < 1.29 is 15.0 Å². The van der Waals surface area contributed by atoms with Crippen LogP contribution in [0.25, 0.3) is 0 Å². The number of hydrogen-bond acceptors (Lipinski definition) is 3. The summed E-state index contributed by atoms with van der Waals surface area (Å²) in [6, 6.07) is 0. The van der Waals surface area contributed by atoms with Crippen LogP contribution in [-0.4, -0.2) is 27.7 Å². The highest BCUT2D eigenvalue weighted by atomic mass is 16.3. The summed E-state index contributed by atoms with van der Waals surface area (Å²) >= 11 is 0. The first-order valence-electron chi connectivity index (χ1n) is 5.22. The van der Waals surface area contributed by atoms with Gasteiger partial charge >= 0.3 is 0 Å². The predicted molar refractivity (Wildman–Crippen MR) is 51.7 cm³/mol. The second kappa shape index (κ2) is 3.17. The zero-order valence-corrected chi connectivity index (χ0v) is 8.42. The maximum atomic E-state index is 11.6. The number of aliphatic hydroxyl groups is 2. The molecule has 0 saturated carbocycles. The zero-order chi connectivity index (χ0) is 10.3. The van der Waals surface area contributed by atoms with E-state index in [-0.39, 0.29) is 5.78 Å². The van der Waals surface area contributed by atoms with Gasteiger partial charge in [0, 0.05) is 5.57 Å². The summed E-state index contributed by atoms with van der Waals surface area (Å²) in [5, 5.41) is 19.6. The fourth-order valence-corrected chi connectivity index (χ4v) is 2.50. The molecule has 0 aromatic carbocycles. The maximum Gasteiger partial charge on any atom is 0.190 e. The fraction of sp³-hybridized carbons (Fsp3) is 0.727. The molecule has 0 aliphatic heterocycles. The van der Waals surface area contributed by atoms with Crippen LogP contribution in [0, 0.1) is 0 Å². The smallest absolute Gasteiger partial charge is 0.190 e. The summed E-state index contributed by atoms with van der Waals surface area (Å²) in [4.78, 5) is 11.6.